The van der Waals surface area contributed by atoms with E-state index in [1.807, 2.05) is 6.07 Å². The number of aliphatic hydroxyl groups excluding tert-OH is 1. The number of H-pyrrole nitrogens is 1. The second-order valence-electron chi connectivity index (χ2n) is 7.35. The number of nitrogens with one attached hydrogen (secondary N) is 1. The van der Waals surface area contributed by atoms with Crippen LogP contribution in [0.1, 0.15) is 17.3 Å². The lowest BCUT2D eigenvalue weighted by atomic mass is 9.98. The number of methoxy groups -OCH3 is 1. The van der Waals surface area contributed by atoms with E-state index in [0.29, 0.717) is 16.7 Å². The lowest BCUT2D eigenvalue weighted by molar-refractivity contribution is -0.132. The molecule has 1 amide bonds. The van der Waals surface area contributed by atoms with Gasteiger partial charge < -0.3 is 14.8 Å². The number of aliphatic hydroxyl groups is 1. The third kappa shape index (κ3) is 3.30. The maximum absolute atomic E-state index is 14.0. The maximum Gasteiger partial charge on any atom is 0.302 e. The largest absolute Gasteiger partial charge is 0.507 e. The minimum Gasteiger partial charge on any atom is -0.507 e. The van der Waals surface area contributed by atoms with E-state index in [1.165, 1.54) is 25.4 Å². The molecule has 1 atom stereocenters. The standard InChI is InChI=1S/C24H17FN4O4/c1-33-18-10-9-13(25)12-14(18)21(30)19-20(17-8-4-5-11-26-17)29(23(32)22(19)31)24-27-15-6-2-3-7-16(15)28-24/h2-12,20,30H,1H3,(H,27,28)/b21-19+. The molecular formula is C24H17FN4O4. The topological polar surface area (TPSA) is 108 Å². The quantitative estimate of drug-likeness (QED) is 0.282. The number of anilines is 1. The number of hydrogen-bond acceptors (Lipinski definition) is 6. The fraction of sp³-hybridized carbons (Fsp3) is 0.0833. The number of ether oxygens (including phenoxy) is 1. The highest BCUT2D eigenvalue weighted by Gasteiger charge is 2.49. The van der Waals surface area contributed by atoms with E-state index in [1.54, 1.807) is 36.4 Å². The van der Waals surface area contributed by atoms with Crippen molar-refractivity contribution in [2.24, 2.45) is 0 Å². The summed E-state index contributed by atoms with van der Waals surface area (Å²) in [6.07, 6.45) is 1.51. The summed E-state index contributed by atoms with van der Waals surface area (Å²) in [4.78, 5) is 39.3. The molecule has 2 aromatic heterocycles. The van der Waals surface area contributed by atoms with Crippen molar-refractivity contribution in [3.8, 4) is 5.75 Å². The van der Waals surface area contributed by atoms with Gasteiger partial charge in [0.1, 0.15) is 23.4 Å². The Morgan fingerprint density at radius 2 is 1.91 bits per heavy atom. The fourth-order valence-electron chi connectivity index (χ4n) is 3.93. The highest BCUT2D eigenvalue weighted by molar-refractivity contribution is 6.51. The van der Waals surface area contributed by atoms with Crippen molar-refractivity contribution in [3.05, 3.63) is 89.5 Å². The van der Waals surface area contributed by atoms with Crippen molar-refractivity contribution < 1.29 is 23.8 Å². The van der Waals surface area contributed by atoms with Crippen molar-refractivity contribution in [1.82, 2.24) is 15.0 Å². The summed E-state index contributed by atoms with van der Waals surface area (Å²) >= 11 is 0. The Balaban J connectivity index is 1.76. The van der Waals surface area contributed by atoms with Crippen LogP contribution >= 0.6 is 0 Å². The van der Waals surface area contributed by atoms with Crippen LogP contribution in [0.15, 0.2) is 72.4 Å². The van der Waals surface area contributed by atoms with Gasteiger partial charge in [-0.15, -0.1) is 0 Å². The number of Topliss-reactive ketones (excluding diaryl/α,β-unsaturated/α-hetero) is 1. The highest BCUT2D eigenvalue weighted by Crippen LogP contribution is 2.42. The Kier molecular flexibility index (Phi) is 4.86. The number of amides is 1. The molecule has 164 valence electrons. The van der Waals surface area contributed by atoms with Gasteiger partial charge in [-0.3, -0.25) is 19.5 Å². The smallest absolute Gasteiger partial charge is 0.302 e. The van der Waals surface area contributed by atoms with Gasteiger partial charge in [0.25, 0.3) is 5.78 Å². The molecular weight excluding hydrogens is 427 g/mol. The van der Waals surface area contributed by atoms with Gasteiger partial charge >= 0.3 is 5.91 Å². The summed E-state index contributed by atoms with van der Waals surface area (Å²) in [5.41, 5.74) is 1.29. The first-order chi connectivity index (χ1) is 16.0. The van der Waals surface area contributed by atoms with Gasteiger partial charge in [0.2, 0.25) is 5.95 Å². The van der Waals surface area contributed by atoms with Crippen molar-refractivity contribution in [3.63, 3.8) is 0 Å². The number of imidazole rings is 1. The number of rotatable bonds is 4. The molecule has 1 fully saturated rings. The molecule has 0 bridgehead atoms. The van der Waals surface area contributed by atoms with E-state index in [0.717, 1.165) is 11.0 Å². The van der Waals surface area contributed by atoms with Crippen LogP contribution in [0.25, 0.3) is 16.8 Å². The van der Waals surface area contributed by atoms with Crippen LogP contribution in [0.4, 0.5) is 10.3 Å². The number of carbonyl (C=O) groups is 2. The number of para-hydroxylation sites is 2. The molecule has 8 nitrogen and oxygen atoms in total. The second kappa shape index (κ2) is 7.86. The molecule has 2 N–H and O–H groups in total. The minimum atomic E-state index is -1.10. The zero-order valence-electron chi connectivity index (χ0n) is 17.3. The molecule has 1 saturated heterocycles. The van der Waals surface area contributed by atoms with E-state index in [2.05, 4.69) is 15.0 Å². The zero-order valence-corrected chi connectivity index (χ0v) is 17.3. The van der Waals surface area contributed by atoms with Crippen LogP contribution < -0.4 is 9.64 Å². The predicted octanol–water partition coefficient (Wildman–Crippen LogP) is 3.73. The molecule has 33 heavy (non-hydrogen) atoms. The zero-order chi connectivity index (χ0) is 23.1. The van der Waals surface area contributed by atoms with Crippen LogP contribution in [-0.2, 0) is 9.59 Å². The van der Waals surface area contributed by atoms with Gasteiger partial charge in [-0.25, -0.2) is 9.37 Å². The van der Waals surface area contributed by atoms with Gasteiger partial charge in [-0.1, -0.05) is 18.2 Å². The number of nitrogens with zero attached hydrogens (tertiary/aromatic N) is 3. The Morgan fingerprint density at radius 3 is 2.64 bits per heavy atom. The Labute approximate surface area is 187 Å². The Hall–Kier alpha value is -4.53. The lowest BCUT2D eigenvalue weighted by Crippen LogP contribution is -2.30. The molecule has 4 aromatic rings. The number of ketones is 1. The van der Waals surface area contributed by atoms with Crippen molar-refractivity contribution in [1.29, 1.82) is 0 Å². The average molecular weight is 444 g/mol. The summed E-state index contributed by atoms with van der Waals surface area (Å²) in [5, 5.41) is 11.2. The number of aromatic nitrogens is 3. The van der Waals surface area contributed by atoms with Gasteiger partial charge in [0, 0.05) is 6.20 Å². The first kappa shape index (κ1) is 20.4. The molecule has 1 aliphatic heterocycles. The molecule has 1 aliphatic rings. The second-order valence-corrected chi connectivity index (χ2v) is 7.35. The fourth-order valence-corrected chi connectivity index (χ4v) is 3.93. The number of pyridine rings is 1. The first-order valence-electron chi connectivity index (χ1n) is 10.00. The molecule has 2 aromatic carbocycles. The first-order valence-corrected chi connectivity index (χ1v) is 10.00. The van der Waals surface area contributed by atoms with E-state index in [4.69, 9.17) is 4.74 Å². The van der Waals surface area contributed by atoms with Crippen LogP contribution in [0.2, 0.25) is 0 Å². The highest BCUT2D eigenvalue weighted by atomic mass is 19.1. The van der Waals surface area contributed by atoms with E-state index >= 15 is 0 Å². The van der Waals surface area contributed by atoms with Crippen molar-refractivity contribution in [2.75, 3.05) is 12.0 Å². The lowest BCUT2D eigenvalue weighted by Gasteiger charge is -2.22. The van der Waals surface area contributed by atoms with Gasteiger partial charge in [0.05, 0.1) is 35.0 Å². The summed E-state index contributed by atoms with van der Waals surface area (Å²) in [6.45, 7) is 0. The van der Waals surface area contributed by atoms with Crippen LogP contribution in [0.5, 0.6) is 5.75 Å². The third-order valence-electron chi connectivity index (χ3n) is 5.43. The average Bonchev–Trinajstić information content (AvgIpc) is 3.37. The molecule has 0 spiro atoms. The summed E-state index contributed by atoms with van der Waals surface area (Å²) in [6, 6.07) is 14.6. The molecule has 5 rings (SSSR count). The number of hydrogen-bond donors (Lipinski definition) is 2. The minimum absolute atomic E-state index is 0.0546. The monoisotopic (exact) mass is 444 g/mol. The number of halogens is 1. The number of carbonyl (C=O) groups excluding carboxylic acids is 2. The van der Waals surface area contributed by atoms with Gasteiger partial charge in [-0.05, 0) is 42.5 Å². The Morgan fingerprint density at radius 1 is 1.12 bits per heavy atom. The third-order valence-corrected chi connectivity index (χ3v) is 5.43. The van der Waals surface area contributed by atoms with Crippen molar-refractivity contribution >= 4 is 34.4 Å². The van der Waals surface area contributed by atoms with E-state index in [-0.39, 0.29) is 22.8 Å². The van der Waals surface area contributed by atoms with Crippen LogP contribution in [-0.4, -0.2) is 38.9 Å². The molecule has 0 radical (unpaired) electrons. The van der Waals surface area contributed by atoms with Crippen LogP contribution in [0.3, 0.4) is 0 Å². The number of aromatic amines is 1. The number of benzene rings is 2. The van der Waals surface area contributed by atoms with Crippen molar-refractivity contribution in [2.45, 2.75) is 6.04 Å². The summed E-state index contributed by atoms with van der Waals surface area (Å²) in [7, 11) is 1.35. The van der Waals surface area contributed by atoms with Gasteiger partial charge in [-0.2, -0.15) is 0 Å². The molecule has 0 saturated carbocycles. The SMILES string of the molecule is COc1ccc(F)cc1/C(O)=C1\C(=O)C(=O)N(c2nc3ccccc3[nH]2)C1c1ccccn1. The molecule has 9 heteroatoms. The van der Waals surface area contributed by atoms with E-state index in [9.17, 15) is 19.1 Å². The molecule has 1 unspecified atom stereocenters. The number of fused-ring (bicyclic) bond motifs is 1. The summed E-state index contributed by atoms with van der Waals surface area (Å²) in [5.74, 6) is -2.79. The van der Waals surface area contributed by atoms with Gasteiger partial charge in [0.15, 0.2) is 0 Å². The maximum atomic E-state index is 14.0. The summed E-state index contributed by atoms with van der Waals surface area (Å²) < 4.78 is 19.2. The molecule has 3 heterocycles. The Bertz CT molecular complexity index is 1400. The van der Waals surface area contributed by atoms with E-state index < -0.39 is 29.3 Å². The van der Waals surface area contributed by atoms with Crippen LogP contribution in [0, 0.1) is 5.82 Å². The normalized spacial score (nSPS) is 17.6. The predicted molar refractivity (Wildman–Crippen MR) is 118 cm³/mol. The molecule has 0 aliphatic carbocycles.